The van der Waals surface area contributed by atoms with Crippen LogP contribution in [0.25, 0.3) is 11.0 Å². The van der Waals surface area contributed by atoms with E-state index >= 15 is 0 Å². The molecule has 0 saturated carbocycles. The molecule has 3 aromatic rings. The quantitative estimate of drug-likeness (QED) is 0.802. The van der Waals surface area contributed by atoms with Crippen LogP contribution in [0.15, 0.2) is 47.1 Å². The lowest BCUT2D eigenvalue weighted by molar-refractivity contribution is 0.0928. The molecule has 0 spiro atoms. The van der Waals surface area contributed by atoms with Crippen LogP contribution in [0.5, 0.6) is 0 Å². The van der Waals surface area contributed by atoms with Crippen molar-refractivity contribution in [3.63, 3.8) is 0 Å². The summed E-state index contributed by atoms with van der Waals surface area (Å²) in [6.45, 7) is 4.49. The number of carbonyl (C=O) groups excluding carboxylic acids is 1. The minimum absolute atomic E-state index is 0.166. The van der Waals surface area contributed by atoms with E-state index in [1.54, 1.807) is 12.4 Å². The predicted molar refractivity (Wildman–Crippen MR) is 86.0 cm³/mol. The minimum Gasteiger partial charge on any atom is -0.451 e. The van der Waals surface area contributed by atoms with Gasteiger partial charge in [-0.05, 0) is 49.6 Å². The number of benzene rings is 1. The molecule has 4 heteroatoms. The number of aromatic nitrogens is 1. The van der Waals surface area contributed by atoms with E-state index in [9.17, 15) is 4.79 Å². The monoisotopic (exact) mass is 294 g/mol. The van der Waals surface area contributed by atoms with Gasteiger partial charge in [-0.3, -0.25) is 9.78 Å². The van der Waals surface area contributed by atoms with Crippen molar-refractivity contribution in [3.8, 4) is 0 Å². The summed E-state index contributed by atoms with van der Waals surface area (Å²) in [5.41, 5.74) is 3.91. The predicted octanol–water partition coefficient (Wildman–Crippen LogP) is 3.42. The third-order valence-corrected chi connectivity index (χ3v) is 3.75. The highest BCUT2D eigenvalue weighted by Gasteiger charge is 2.17. The second kappa shape index (κ2) is 6.02. The van der Waals surface area contributed by atoms with Gasteiger partial charge < -0.3 is 9.73 Å². The van der Waals surface area contributed by atoms with Crippen LogP contribution in [0.1, 0.15) is 27.2 Å². The molecule has 0 fully saturated rings. The van der Waals surface area contributed by atoms with E-state index in [-0.39, 0.29) is 5.91 Å². The molecule has 0 atom stereocenters. The lowest BCUT2D eigenvalue weighted by Gasteiger charge is -2.03. The molecule has 1 aromatic carbocycles. The molecule has 0 unspecified atom stereocenters. The maximum absolute atomic E-state index is 12.3. The van der Waals surface area contributed by atoms with Gasteiger partial charge in [-0.25, -0.2) is 0 Å². The van der Waals surface area contributed by atoms with Gasteiger partial charge in [0.15, 0.2) is 5.76 Å². The third-order valence-electron chi connectivity index (χ3n) is 3.75. The number of fused-ring (bicyclic) bond motifs is 1. The largest absolute Gasteiger partial charge is 0.451 e. The molecule has 0 aliphatic carbocycles. The van der Waals surface area contributed by atoms with Crippen molar-refractivity contribution in [1.82, 2.24) is 10.3 Å². The number of hydrogen-bond donors (Lipinski definition) is 1. The first kappa shape index (κ1) is 14.3. The maximum atomic E-state index is 12.3. The number of nitrogens with one attached hydrogen (secondary N) is 1. The van der Waals surface area contributed by atoms with Gasteiger partial charge in [0.2, 0.25) is 0 Å². The van der Waals surface area contributed by atoms with Crippen molar-refractivity contribution in [2.45, 2.75) is 20.3 Å². The summed E-state index contributed by atoms with van der Waals surface area (Å²) in [4.78, 5) is 16.3. The van der Waals surface area contributed by atoms with Crippen LogP contribution in [0.4, 0.5) is 0 Å². The lowest BCUT2D eigenvalue weighted by Crippen LogP contribution is -2.25. The Hall–Kier alpha value is -2.62. The zero-order valence-corrected chi connectivity index (χ0v) is 12.7. The third kappa shape index (κ3) is 2.86. The normalized spacial score (nSPS) is 10.8. The number of nitrogens with zero attached hydrogens (tertiary/aromatic N) is 1. The van der Waals surface area contributed by atoms with Crippen LogP contribution >= 0.6 is 0 Å². The Bertz CT molecular complexity index is 807. The number of rotatable bonds is 4. The molecule has 0 bridgehead atoms. The molecular weight excluding hydrogens is 276 g/mol. The Morgan fingerprint density at radius 3 is 2.73 bits per heavy atom. The lowest BCUT2D eigenvalue weighted by atomic mass is 10.1. The molecule has 2 heterocycles. The topological polar surface area (TPSA) is 55.1 Å². The summed E-state index contributed by atoms with van der Waals surface area (Å²) in [5, 5.41) is 3.90. The number of furan rings is 1. The van der Waals surface area contributed by atoms with Gasteiger partial charge in [-0.1, -0.05) is 12.1 Å². The van der Waals surface area contributed by atoms with Gasteiger partial charge in [0, 0.05) is 29.9 Å². The summed E-state index contributed by atoms with van der Waals surface area (Å²) in [7, 11) is 0. The molecule has 0 aliphatic heterocycles. The van der Waals surface area contributed by atoms with E-state index in [0.717, 1.165) is 34.1 Å². The molecular formula is C18H18N2O2. The van der Waals surface area contributed by atoms with Crippen molar-refractivity contribution >= 4 is 16.9 Å². The average molecular weight is 294 g/mol. The molecule has 0 radical (unpaired) electrons. The van der Waals surface area contributed by atoms with Gasteiger partial charge in [0.25, 0.3) is 5.91 Å². The number of aryl methyl sites for hydroxylation is 2. The number of amides is 1. The highest BCUT2D eigenvalue weighted by Crippen LogP contribution is 2.25. The van der Waals surface area contributed by atoms with Gasteiger partial charge >= 0.3 is 0 Å². The van der Waals surface area contributed by atoms with Crippen LogP contribution < -0.4 is 5.32 Å². The molecule has 1 N–H and O–H groups in total. The van der Waals surface area contributed by atoms with Gasteiger partial charge in [0.05, 0.1) is 0 Å². The van der Waals surface area contributed by atoms with Crippen molar-refractivity contribution in [3.05, 3.63) is 65.2 Å². The Kier molecular flexibility index (Phi) is 3.92. The molecule has 1 amide bonds. The summed E-state index contributed by atoms with van der Waals surface area (Å²) >= 11 is 0. The van der Waals surface area contributed by atoms with E-state index in [1.807, 2.05) is 44.2 Å². The molecule has 0 saturated heterocycles. The summed E-state index contributed by atoms with van der Waals surface area (Å²) in [6.07, 6.45) is 4.28. The number of pyridine rings is 1. The van der Waals surface area contributed by atoms with Gasteiger partial charge in [-0.15, -0.1) is 0 Å². The van der Waals surface area contributed by atoms with Crippen molar-refractivity contribution in [2.75, 3.05) is 6.54 Å². The zero-order valence-electron chi connectivity index (χ0n) is 12.7. The van der Waals surface area contributed by atoms with Crippen LogP contribution in [0.3, 0.4) is 0 Å². The van der Waals surface area contributed by atoms with E-state index in [1.165, 1.54) is 0 Å². The van der Waals surface area contributed by atoms with E-state index in [0.29, 0.717) is 12.3 Å². The van der Waals surface area contributed by atoms with Gasteiger partial charge in [0.1, 0.15) is 5.58 Å². The average Bonchev–Trinajstić information content (AvgIpc) is 2.84. The van der Waals surface area contributed by atoms with Crippen molar-refractivity contribution in [1.29, 1.82) is 0 Å². The van der Waals surface area contributed by atoms with E-state index < -0.39 is 0 Å². The summed E-state index contributed by atoms with van der Waals surface area (Å²) < 4.78 is 5.72. The van der Waals surface area contributed by atoms with E-state index in [4.69, 9.17) is 4.42 Å². The Morgan fingerprint density at radius 1 is 1.18 bits per heavy atom. The highest BCUT2D eigenvalue weighted by atomic mass is 16.3. The van der Waals surface area contributed by atoms with Crippen LogP contribution in [0.2, 0.25) is 0 Å². The first-order chi connectivity index (χ1) is 10.6. The number of hydrogen-bond acceptors (Lipinski definition) is 3. The molecule has 0 aliphatic rings. The number of carbonyl (C=O) groups is 1. The smallest absolute Gasteiger partial charge is 0.287 e. The molecule has 22 heavy (non-hydrogen) atoms. The minimum atomic E-state index is -0.166. The fourth-order valence-corrected chi connectivity index (χ4v) is 2.50. The zero-order chi connectivity index (χ0) is 15.5. The standard InChI is InChI=1S/C18H18N2O2/c1-12-3-4-15-13(2)17(22-16(15)11-12)18(21)20-10-7-14-5-8-19-9-6-14/h3-6,8-9,11H,7,10H2,1-2H3,(H,20,21). The van der Waals surface area contributed by atoms with Crippen LogP contribution in [-0.4, -0.2) is 17.4 Å². The van der Waals surface area contributed by atoms with Crippen LogP contribution in [0, 0.1) is 13.8 Å². The van der Waals surface area contributed by atoms with Crippen LogP contribution in [-0.2, 0) is 6.42 Å². The van der Waals surface area contributed by atoms with Crippen molar-refractivity contribution < 1.29 is 9.21 Å². The summed E-state index contributed by atoms with van der Waals surface area (Å²) in [5.74, 6) is 0.232. The SMILES string of the molecule is Cc1ccc2c(C)c(C(=O)NCCc3ccncc3)oc2c1. The van der Waals surface area contributed by atoms with Crippen molar-refractivity contribution in [2.24, 2.45) is 0 Å². The second-order valence-electron chi connectivity index (χ2n) is 5.42. The Labute approximate surface area is 129 Å². The molecule has 4 nitrogen and oxygen atoms in total. The fourth-order valence-electron chi connectivity index (χ4n) is 2.50. The first-order valence-corrected chi connectivity index (χ1v) is 7.32. The summed E-state index contributed by atoms with van der Waals surface area (Å²) in [6, 6.07) is 9.87. The second-order valence-corrected chi connectivity index (χ2v) is 5.42. The molecule has 2 aromatic heterocycles. The Balaban J connectivity index is 1.71. The first-order valence-electron chi connectivity index (χ1n) is 7.32. The highest BCUT2D eigenvalue weighted by molar-refractivity contribution is 5.99. The fraction of sp³-hybridized carbons (Fsp3) is 0.222. The molecule has 3 rings (SSSR count). The van der Waals surface area contributed by atoms with E-state index in [2.05, 4.69) is 10.3 Å². The molecule has 112 valence electrons. The Morgan fingerprint density at radius 2 is 1.95 bits per heavy atom. The van der Waals surface area contributed by atoms with Gasteiger partial charge in [-0.2, -0.15) is 0 Å². The maximum Gasteiger partial charge on any atom is 0.287 e.